The van der Waals surface area contributed by atoms with Crippen LogP contribution in [0.5, 0.6) is 0 Å². The topological polar surface area (TPSA) is 108 Å². The number of hydrogen-bond donors (Lipinski definition) is 2. The first-order chi connectivity index (χ1) is 19.4. The first kappa shape index (κ1) is 28.0. The molecule has 0 aromatic heterocycles. The molecule has 1 atom stereocenters. The van der Waals surface area contributed by atoms with E-state index in [0.29, 0.717) is 61.0 Å². The zero-order chi connectivity index (χ0) is 28.0. The monoisotopic (exact) mass is 562 g/mol. The second kappa shape index (κ2) is 12.7. The number of nitrogens with zero attached hydrogens (tertiary/aromatic N) is 2. The van der Waals surface area contributed by atoms with Gasteiger partial charge in [0.25, 0.3) is 11.8 Å². The van der Waals surface area contributed by atoms with Crippen molar-refractivity contribution >= 4 is 27.5 Å². The normalized spacial score (nSPS) is 18.4. The Labute approximate surface area is 235 Å². The summed E-state index contributed by atoms with van der Waals surface area (Å²) in [6.07, 6.45) is 1.97. The minimum absolute atomic E-state index is 0.0374. The van der Waals surface area contributed by atoms with Crippen LogP contribution in [0.25, 0.3) is 0 Å². The van der Waals surface area contributed by atoms with E-state index in [1.807, 2.05) is 12.1 Å². The molecule has 2 N–H and O–H groups in total. The van der Waals surface area contributed by atoms with Gasteiger partial charge in [-0.15, -0.1) is 0 Å². The Bertz CT molecular complexity index is 1420. The molecule has 40 heavy (non-hydrogen) atoms. The summed E-state index contributed by atoms with van der Waals surface area (Å²) in [5.41, 5.74) is 2.37. The quantitative estimate of drug-likeness (QED) is 0.414. The van der Waals surface area contributed by atoms with E-state index in [-0.39, 0.29) is 17.9 Å². The van der Waals surface area contributed by atoms with Crippen LogP contribution in [-0.2, 0) is 21.3 Å². The Balaban J connectivity index is 1.14. The Kier molecular flexibility index (Phi) is 8.91. The molecule has 0 saturated carbocycles. The zero-order valence-electron chi connectivity index (χ0n) is 22.3. The summed E-state index contributed by atoms with van der Waals surface area (Å²) in [6.45, 7) is 3.94. The summed E-state index contributed by atoms with van der Waals surface area (Å²) in [4.78, 5) is 28.3. The SMILES string of the molecule is O=C(Nc1ccccc1C(=O)NCC1CCCO1)c1ccc(CN2CCN(S(=O)(=O)c3ccccc3)CC2)cc1. The van der Waals surface area contributed by atoms with Gasteiger partial charge in [-0.2, -0.15) is 4.31 Å². The summed E-state index contributed by atoms with van der Waals surface area (Å²) >= 11 is 0. The van der Waals surface area contributed by atoms with E-state index in [2.05, 4.69) is 15.5 Å². The van der Waals surface area contributed by atoms with Gasteiger partial charge in [0.05, 0.1) is 22.3 Å². The fourth-order valence-electron chi connectivity index (χ4n) is 4.98. The van der Waals surface area contributed by atoms with Gasteiger partial charge in [0, 0.05) is 51.4 Å². The van der Waals surface area contributed by atoms with Crippen molar-refractivity contribution in [2.75, 3.05) is 44.6 Å². The lowest BCUT2D eigenvalue weighted by atomic mass is 10.1. The van der Waals surface area contributed by atoms with E-state index in [1.54, 1.807) is 66.7 Å². The van der Waals surface area contributed by atoms with Crippen molar-refractivity contribution in [3.8, 4) is 0 Å². The molecule has 2 fully saturated rings. The summed E-state index contributed by atoms with van der Waals surface area (Å²) in [5.74, 6) is -0.552. The first-order valence-corrected chi connectivity index (χ1v) is 15.0. The lowest BCUT2D eigenvalue weighted by molar-refractivity contribution is 0.0858. The highest BCUT2D eigenvalue weighted by molar-refractivity contribution is 7.89. The van der Waals surface area contributed by atoms with Gasteiger partial charge in [-0.25, -0.2) is 8.42 Å². The average Bonchev–Trinajstić information content (AvgIpc) is 3.51. The van der Waals surface area contributed by atoms with E-state index < -0.39 is 10.0 Å². The molecule has 2 aliphatic rings. The Morgan fingerprint density at radius 1 is 0.850 bits per heavy atom. The Hall–Kier alpha value is -3.57. The van der Waals surface area contributed by atoms with E-state index >= 15 is 0 Å². The molecule has 3 aromatic rings. The zero-order valence-corrected chi connectivity index (χ0v) is 23.1. The van der Waals surface area contributed by atoms with E-state index in [9.17, 15) is 18.0 Å². The molecule has 10 heteroatoms. The van der Waals surface area contributed by atoms with Crippen LogP contribution in [0.4, 0.5) is 5.69 Å². The molecule has 0 radical (unpaired) electrons. The van der Waals surface area contributed by atoms with Gasteiger partial charge < -0.3 is 15.4 Å². The maximum absolute atomic E-state index is 13.0. The van der Waals surface area contributed by atoms with Gasteiger partial charge in [-0.05, 0) is 54.8 Å². The summed E-state index contributed by atoms with van der Waals surface area (Å²) in [7, 11) is -3.48. The van der Waals surface area contributed by atoms with Gasteiger partial charge in [0.15, 0.2) is 0 Å². The number of benzene rings is 3. The first-order valence-electron chi connectivity index (χ1n) is 13.6. The number of para-hydroxylation sites is 1. The Morgan fingerprint density at radius 3 is 2.25 bits per heavy atom. The van der Waals surface area contributed by atoms with Gasteiger partial charge in [0.1, 0.15) is 0 Å². The number of carbonyl (C=O) groups excluding carboxylic acids is 2. The van der Waals surface area contributed by atoms with E-state index in [0.717, 1.165) is 25.0 Å². The van der Waals surface area contributed by atoms with Crippen LogP contribution in [-0.4, -0.2) is 74.9 Å². The third kappa shape index (κ3) is 6.76. The Morgan fingerprint density at radius 2 is 1.55 bits per heavy atom. The highest BCUT2D eigenvalue weighted by Gasteiger charge is 2.28. The molecule has 9 nitrogen and oxygen atoms in total. The summed E-state index contributed by atoms with van der Waals surface area (Å²) in [6, 6.07) is 22.8. The van der Waals surface area contributed by atoms with Gasteiger partial charge >= 0.3 is 0 Å². The number of rotatable bonds is 9. The van der Waals surface area contributed by atoms with Crippen molar-refractivity contribution in [3.63, 3.8) is 0 Å². The van der Waals surface area contributed by atoms with Crippen LogP contribution < -0.4 is 10.6 Å². The fourth-order valence-corrected chi connectivity index (χ4v) is 6.42. The molecule has 0 aliphatic carbocycles. The van der Waals surface area contributed by atoms with Crippen LogP contribution in [0.1, 0.15) is 39.1 Å². The van der Waals surface area contributed by atoms with Crippen LogP contribution in [0.3, 0.4) is 0 Å². The number of carbonyl (C=O) groups is 2. The third-order valence-electron chi connectivity index (χ3n) is 7.27. The molecule has 2 saturated heterocycles. The van der Waals surface area contributed by atoms with Crippen LogP contribution >= 0.6 is 0 Å². The van der Waals surface area contributed by atoms with Crippen LogP contribution in [0.15, 0.2) is 83.8 Å². The van der Waals surface area contributed by atoms with Crippen molar-refractivity contribution in [1.82, 2.24) is 14.5 Å². The minimum Gasteiger partial charge on any atom is -0.376 e. The minimum atomic E-state index is -3.48. The predicted octanol–water partition coefficient (Wildman–Crippen LogP) is 3.35. The highest BCUT2D eigenvalue weighted by Crippen LogP contribution is 2.20. The van der Waals surface area contributed by atoms with Crippen molar-refractivity contribution in [1.29, 1.82) is 0 Å². The maximum atomic E-state index is 13.0. The fraction of sp³-hybridized carbons (Fsp3) is 0.333. The number of amides is 2. The largest absolute Gasteiger partial charge is 0.376 e. The molecule has 2 heterocycles. The molecule has 0 spiro atoms. The van der Waals surface area contributed by atoms with Gasteiger partial charge in [0.2, 0.25) is 10.0 Å². The molecule has 5 rings (SSSR count). The molecular weight excluding hydrogens is 528 g/mol. The van der Waals surface area contributed by atoms with Crippen molar-refractivity contribution < 1.29 is 22.7 Å². The number of anilines is 1. The number of nitrogens with one attached hydrogen (secondary N) is 2. The molecule has 0 bridgehead atoms. The van der Waals surface area contributed by atoms with Crippen molar-refractivity contribution in [2.24, 2.45) is 0 Å². The molecular formula is C30H34N4O5S. The average molecular weight is 563 g/mol. The molecule has 210 valence electrons. The second-order valence-corrected chi connectivity index (χ2v) is 12.0. The summed E-state index contributed by atoms with van der Waals surface area (Å²) < 4.78 is 32.8. The standard InChI is InChI=1S/C30H34N4O5S/c35-29(32-28-11-5-4-10-27(28)30(36)31-21-25-7-6-20-39-25)24-14-12-23(13-15-24)22-33-16-18-34(19-17-33)40(37,38)26-8-2-1-3-9-26/h1-5,8-15,25H,6-7,16-22H2,(H,31,36)(H,32,35). The summed E-state index contributed by atoms with van der Waals surface area (Å²) in [5, 5.41) is 5.77. The van der Waals surface area contributed by atoms with Crippen molar-refractivity contribution in [2.45, 2.75) is 30.4 Å². The molecule has 3 aromatic carbocycles. The molecule has 2 amide bonds. The molecule has 1 unspecified atom stereocenters. The predicted molar refractivity (Wildman–Crippen MR) is 153 cm³/mol. The lowest BCUT2D eigenvalue weighted by Crippen LogP contribution is -2.48. The highest BCUT2D eigenvalue weighted by atomic mass is 32.2. The number of hydrogen-bond acceptors (Lipinski definition) is 6. The van der Waals surface area contributed by atoms with Gasteiger partial charge in [-0.1, -0.05) is 42.5 Å². The third-order valence-corrected chi connectivity index (χ3v) is 9.18. The second-order valence-electron chi connectivity index (χ2n) is 10.0. The lowest BCUT2D eigenvalue weighted by Gasteiger charge is -2.34. The van der Waals surface area contributed by atoms with Gasteiger partial charge in [-0.3, -0.25) is 14.5 Å². The van der Waals surface area contributed by atoms with Crippen molar-refractivity contribution in [3.05, 3.63) is 95.6 Å². The van der Waals surface area contributed by atoms with Crippen LogP contribution in [0, 0.1) is 0 Å². The van der Waals surface area contributed by atoms with E-state index in [4.69, 9.17) is 4.74 Å². The maximum Gasteiger partial charge on any atom is 0.255 e. The smallest absolute Gasteiger partial charge is 0.255 e. The molecule has 2 aliphatic heterocycles. The number of ether oxygens (including phenoxy) is 1. The van der Waals surface area contributed by atoms with E-state index in [1.165, 1.54) is 4.31 Å². The number of piperazine rings is 1. The van der Waals surface area contributed by atoms with Crippen LogP contribution in [0.2, 0.25) is 0 Å². The number of sulfonamides is 1.